The molecule has 1 fully saturated rings. The molecule has 0 amide bonds. The zero-order valence-corrected chi connectivity index (χ0v) is 12.5. The summed E-state index contributed by atoms with van der Waals surface area (Å²) < 4.78 is 1.62. The predicted octanol–water partition coefficient (Wildman–Crippen LogP) is 0.788. The highest BCUT2D eigenvalue weighted by atomic mass is 16.3. The maximum atomic E-state index is 12.2. The van der Waals surface area contributed by atoms with Gasteiger partial charge in [-0.25, -0.2) is 0 Å². The molecule has 1 unspecified atom stereocenters. The SMILES string of the molecule is Cn1ncc2c(=O)[nH]c(N3CCCC3(C)CCCO)nc21. The van der Waals surface area contributed by atoms with E-state index in [9.17, 15) is 4.79 Å². The summed E-state index contributed by atoms with van der Waals surface area (Å²) in [5.74, 6) is 0.606. The summed E-state index contributed by atoms with van der Waals surface area (Å²) >= 11 is 0. The minimum atomic E-state index is -0.153. The predicted molar refractivity (Wildman–Crippen MR) is 80.4 cm³/mol. The molecule has 7 nitrogen and oxygen atoms in total. The number of aromatic amines is 1. The van der Waals surface area contributed by atoms with Crippen LogP contribution in [0, 0.1) is 0 Å². The smallest absolute Gasteiger partial charge is 0.263 e. The van der Waals surface area contributed by atoms with E-state index in [0.717, 1.165) is 32.2 Å². The summed E-state index contributed by atoms with van der Waals surface area (Å²) in [6, 6.07) is 0. The number of fused-ring (bicyclic) bond motifs is 1. The summed E-state index contributed by atoms with van der Waals surface area (Å²) in [5.41, 5.74) is 0.384. The molecule has 0 bridgehead atoms. The second-order valence-electron chi connectivity index (χ2n) is 5.97. The minimum Gasteiger partial charge on any atom is -0.396 e. The average molecular weight is 291 g/mol. The van der Waals surface area contributed by atoms with Crippen LogP contribution in [0.3, 0.4) is 0 Å². The van der Waals surface area contributed by atoms with Gasteiger partial charge in [0.05, 0.1) is 6.20 Å². The molecule has 3 heterocycles. The van der Waals surface area contributed by atoms with Gasteiger partial charge < -0.3 is 10.0 Å². The first-order valence-electron chi connectivity index (χ1n) is 7.36. The lowest BCUT2D eigenvalue weighted by Crippen LogP contribution is -2.43. The van der Waals surface area contributed by atoms with E-state index in [4.69, 9.17) is 5.11 Å². The number of hydrogen-bond donors (Lipinski definition) is 2. The summed E-state index contributed by atoms with van der Waals surface area (Å²) in [5, 5.41) is 13.7. The van der Waals surface area contributed by atoms with Gasteiger partial charge >= 0.3 is 0 Å². The van der Waals surface area contributed by atoms with Crippen molar-refractivity contribution in [3.05, 3.63) is 16.6 Å². The highest BCUT2D eigenvalue weighted by molar-refractivity contribution is 5.74. The largest absolute Gasteiger partial charge is 0.396 e. The topological polar surface area (TPSA) is 87.0 Å². The number of aliphatic hydroxyl groups is 1. The van der Waals surface area contributed by atoms with Crippen LogP contribution in [0.5, 0.6) is 0 Å². The molecule has 0 aromatic carbocycles. The molecule has 2 N–H and O–H groups in total. The lowest BCUT2D eigenvalue weighted by atomic mass is 9.93. The van der Waals surface area contributed by atoms with Crippen LogP contribution in [0.1, 0.15) is 32.6 Å². The lowest BCUT2D eigenvalue weighted by molar-refractivity contribution is 0.264. The normalized spacial score (nSPS) is 22.3. The molecule has 0 saturated carbocycles. The van der Waals surface area contributed by atoms with Crippen molar-refractivity contribution in [3.8, 4) is 0 Å². The first-order chi connectivity index (χ1) is 10.0. The third-order valence-electron chi connectivity index (χ3n) is 4.47. The first-order valence-corrected chi connectivity index (χ1v) is 7.36. The molecule has 0 aliphatic carbocycles. The number of nitrogens with one attached hydrogen (secondary N) is 1. The Labute approximate surface area is 122 Å². The maximum absolute atomic E-state index is 12.2. The molecule has 2 aromatic heterocycles. The van der Waals surface area contributed by atoms with E-state index < -0.39 is 0 Å². The second kappa shape index (κ2) is 5.14. The summed E-state index contributed by atoms with van der Waals surface area (Å²) in [6.07, 6.45) is 5.29. The van der Waals surface area contributed by atoms with Crippen LogP contribution in [0.4, 0.5) is 5.95 Å². The van der Waals surface area contributed by atoms with Crippen molar-refractivity contribution in [1.82, 2.24) is 19.7 Å². The van der Waals surface area contributed by atoms with Crippen molar-refractivity contribution in [2.24, 2.45) is 7.05 Å². The number of aryl methyl sites for hydroxylation is 1. The molecular formula is C14H21N5O2. The fraction of sp³-hybridized carbons (Fsp3) is 0.643. The monoisotopic (exact) mass is 291 g/mol. The quantitative estimate of drug-likeness (QED) is 0.869. The number of aromatic nitrogens is 4. The molecule has 114 valence electrons. The van der Waals surface area contributed by atoms with Gasteiger partial charge in [-0.3, -0.25) is 14.5 Å². The van der Waals surface area contributed by atoms with Gasteiger partial charge in [0, 0.05) is 25.7 Å². The third kappa shape index (κ3) is 2.31. The van der Waals surface area contributed by atoms with E-state index in [0.29, 0.717) is 17.0 Å². The van der Waals surface area contributed by atoms with Gasteiger partial charge in [-0.2, -0.15) is 10.1 Å². The van der Waals surface area contributed by atoms with Crippen molar-refractivity contribution in [2.75, 3.05) is 18.1 Å². The number of H-pyrrole nitrogens is 1. The second-order valence-corrected chi connectivity index (χ2v) is 5.97. The Balaban J connectivity index is 2.03. The number of nitrogens with zero attached hydrogens (tertiary/aromatic N) is 4. The van der Waals surface area contributed by atoms with E-state index in [1.54, 1.807) is 17.9 Å². The summed E-state index contributed by atoms with van der Waals surface area (Å²) in [6.45, 7) is 3.23. The molecule has 3 rings (SSSR count). The molecule has 7 heteroatoms. The van der Waals surface area contributed by atoms with Crippen LogP contribution in [-0.2, 0) is 7.05 Å². The Morgan fingerprint density at radius 2 is 2.33 bits per heavy atom. The fourth-order valence-corrected chi connectivity index (χ4v) is 3.25. The molecule has 0 radical (unpaired) electrons. The molecule has 1 aliphatic heterocycles. The average Bonchev–Trinajstić information content (AvgIpc) is 3.02. The van der Waals surface area contributed by atoms with Gasteiger partial charge in [0.25, 0.3) is 5.56 Å². The molecular weight excluding hydrogens is 270 g/mol. The fourth-order valence-electron chi connectivity index (χ4n) is 3.25. The first kappa shape index (κ1) is 14.1. The van der Waals surface area contributed by atoms with Gasteiger partial charge in [0.15, 0.2) is 5.65 Å². The summed E-state index contributed by atoms with van der Waals surface area (Å²) in [7, 11) is 1.79. The molecule has 0 spiro atoms. The van der Waals surface area contributed by atoms with Crippen LogP contribution in [0.15, 0.2) is 11.0 Å². The van der Waals surface area contributed by atoms with Crippen LogP contribution in [0.2, 0.25) is 0 Å². The van der Waals surface area contributed by atoms with E-state index in [1.165, 1.54) is 0 Å². The van der Waals surface area contributed by atoms with Crippen LogP contribution >= 0.6 is 0 Å². The highest BCUT2D eigenvalue weighted by Gasteiger charge is 2.37. The Hall–Kier alpha value is -1.89. The molecule has 21 heavy (non-hydrogen) atoms. The number of aliphatic hydroxyl groups excluding tert-OH is 1. The van der Waals surface area contributed by atoms with Crippen LogP contribution in [0.25, 0.3) is 11.0 Å². The highest BCUT2D eigenvalue weighted by Crippen LogP contribution is 2.35. The lowest BCUT2D eigenvalue weighted by Gasteiger charge is -2.35. The molecule has 1 saturated heterocycles. The van der Waals surface area contributed by atoms with Gasteiger partial charge in [0.1, 0.15) is 5.39 Å². The number of hydrogen-bond acceptors (Lipinski definition) is 5. The summed E-state index contributed by atoms with van der Waals surface area (Å²) in [4.78, 5) is 21.8. The number of anilines is 1. The van der Waals surface area contributed by atoms with E-state index in [2.05, 4.69) is 26.9 Å². The van der Waals surface area contributed by atoms with Crippen molar-refractivity contribution in [1.29, 1.82) is 0 Å². The Kier molecular flexibility index (Phi) is 3.44. The van der Waals surface area contributed by atoms with Crippen molar-refractivity contribution >= 4 is 17.0 Å². The van der Waals surface area contributed by atoms with Gasteiger partial charge in [-0.15, -0.1) is 0 Å². The van der Waals surface area contributed by atoms with Crippen molar-refractivity contribution in [3.63, 3.8) is 0 Å². The van der Waals surface area contributed by atoms with Crippen LogP contribution < -0.4 is 10.5 Å². The molecule has 1 aliphatic rings. The minimum absolute atomic E-state index is 0.0645. The molecule has 1 atom stereocenters. The van der Waals surface area contributed by atoms with Gasteiger partial charge in [0.2, 0.25) is 5.95 Å². The zero-order chi connectivity index (χ0) is 15.0. The maximum Gasteiger partial charge on any atom is 0.263 e. The van der Waals surface area contributed by atoms with E-state index in [1.807, 2.05) is 0 Å². The Bertz CT molecular complexity index is 707. The Morgan fingerprint density at radius 3 is 3.10 bits per heavy atom. The molecule has 2 aromatic rings. The zero-order valence-electron chi connectivity index (χ0n) is 12.5. The van der Waals surface area contributed by atoms with Gasteiger partial charge in [-0.05, 0) is 32.6 Å². The number of rotatable bonds is 4. The van der Waals surface area contributed by atoms with E-state index in [-0.39, 0.29) is 17.7 Å². The standard InChI is InChI=1S/C14H21N5O2/c1-14(6-4-8-20)5-3-7-19(14)13-16-11-10(12(21)17-13)9-15-18(11)2/h9,20H,3-8H2,1-2H3,(H,16,17,21). The van der Waals surface area contributed by atoms with Crippen molar-refractivity contribution < 1.29 is 5.11 Å². The van der Waals surface area contributed by atoms with Gasteiger partial charge in [-0.1, -0.05) is 0 Å². The van der Waals surface area contributed by atoms with E-state index >= 15 is 0 Å². The van der Waals surface area contributed by atoms with Crippen molar-refractivity contribution in [2.45, 2.75) is 38.1 Å². The Morgan fingerprint density at radius 1 is 1.52 bits per heavy atom. The van der Waals surface area contributed by atoms with Crippen LogP contribution in [-0.4, -0.2) is 43.5 Å². The third-order valence-corrected chi connectivity index (χ3v) is 4.47.